The maximum atomic E-state index is 14.4. The van der Waals surface area contributed by atoms with Crippen LogP contribution in [0.2, 0.25) is 5.02 Å². The number of hydrogen-bond donors (Lipinski definition) is 2. The smallest absolute Gasteiger partial charge is 0.307 e. The topological polar surface area (TPSA) is 111 Å². The van der Waals surface area contributed by atoms with Crippen molar-refractivity contribution >= 4 is 29.4 Å². The summed E-state index contributed by atoms with van der Waals surface area (Å²) in [5.41, 5.74) is 8.05. The molecule has 1 aliphatic heterocycles. The number of methoxy groups -OCH3 is 1. The lowest BCUT2D eigenvalue weighted by Gasteiger charge is -2.45. The fourth-order valence-corrected chi connectivity index (χ4v) is 6.55. The number of aryl methyl sites for hydroxylation is 1. The summed E-state index contributed by atoms with van der Waals surface area (Å²) in [6.07, 6.45) is 3.54. The van der Waals surface area contributed by atoms with Crippen LogP contribution in [0.3, 0.4) is 0 Å². The van der Waals surface area contributed by atoms with Gasteiger partial charge in [0.15, 0.2) is 0 Å². The van der Waals surface area contributed by atoms with Gasteiger partial charge in [0, 0.05) is 25.2 Å². The number of carbonyl (C=O) groups excluding carboxylic acids is 3. The Bertz CT molecular complexity index is 1260. The zero-order chi connectivity index (χ0) is 30.5. The number of amides is 2. The molecule has 0 aromatic heterocycles. The van der Waals surface area contributed by atoms with E-state index in [1.54, 1.807) is 0 Å². The summed E-state index contributed by atoms with van der Waals surface area (Å²) in [5, 5.41) is 3.82. The third-order valence-electron chi connectivity index (χ3n) is 8.20. The van der Waals surface area contributed by atoms with Crippen LogP contribution < -0.4 is 11.1 Å². The van der Waals surface area contributed by atoms with Gasteiger partial charge in [0.1, 0.15) is 11.6 Å². The Morgan fingerprint density at radius 1 is 1.14 bits per heavy atom. The molecular weight excluding hydrogens is 554 g/mol. The Morgan fingerprint density at radius 3 is 2.55 bits per heavy atom. The molecule has 2 aromatic rings. The molecule has 1 unspecified atom stereocenters. The maximum Gasteiger partial charge on any atom is 0.307 e. The first kappa shape index (κ1) is 32.0. The van der Waals surface area contributed by atoms with Crippen molar-refractivity contribution in [3.8, 4) is 0 Å². The van der Waals surface area contributed by atoms with Crippen LogP contribution in [0.25, 0.3) is 0 Å². The van der Waals surface area contributed by atoms with Crippen LogP contribution in [-0.2, 0) is 36.7 Å². The highest BCUT2D eigenvalue weighted by Crippen LogP contribution is 2.41. The minimum absolute atomic E-state index is 0.000854. The molecule has 42 heavy (non-hydrogen) atoms. The molecule has 0 bridgehead atoms. The highest BCUT2D eigenvalue weighted by atomic mass is 35.5. The number of hydrogen-bond acceptors (Lipinski definition) is 6. The highest BCUT2D eigenvalue weighted by Gasteiger charge is 2.44. The zero-order valence-corrected chi connectivity index (χ0v) is 25.9. The van der Waals surface area contributed by atoms with Crippen LogP contribution in [0.1, 0.15) is 69.1 Å². The number of benzene rings is 2. The van der Waals surface area contributed by atoms with E-state index < -0.39 is 23.1 Å². The third kappa shape index (κ3) is 8.12. The monoisotopic (exact) mass is 597 g/mol. The van der Waals surface area contributed by atoms with Gasteiger partial charge in [-0.2, -0.15) is 0 Å². The van der Waals surface area contributed by atoms with Crippen molar-refractivity contribution in [2.75, 3.05) is 26.8 Å². The van der Waals surface area contributed by atoms with E-state index >= 15 is 0 Å². The number of nitrogens with one attached hydrogen (secondary N) is 1. The van der Waals surface area contributed by atoms with Gasteiger partial charge in [-0.25, -0.2) is 0 Å². The number of nitrogens with two attached hydrogens (primary N) is 1. The molecule has 1 saturated heterocycles. The second kappa shape index (κ2) is 13.6. The Labute approximate surface area is 254 Å². The lowest BCUT2D eigenvalue weighted by atomic mass is 9.80. The number of likely N-dealkylation sites (tertiary alicyclic amines) is 1. The molecule has 4 atom stereocenters. The van der Waals surface area contributed by atoms with Gasteiger partial charge in [-0.3, -0.25) is 14.4 Å². The Kier molecular flexibility index (Phi) is 10.3. The Hall–Kier alpha value is -2.94. The van der Waals surface area contributed by atoms with Crippen LogP contribution in [0.5, 0.6) is 0 Å². The standard InChI is InChI=1S/C33H44ClN3O5/c1-32(2,3)42-29(38)18-27(26-15-12-23-8-5-6-9-25(23)26)31(40)37-17-7-16-33(21-37,36-30(39)28(35)20-41-4)19-22-10-13-24(34)14-11-22/h5-6,8-11,13-14,26-28H,7,12,15-21,35H2,1-4H3,(H,36,39)/t26-,27-,28-,33?/m0/s1. The van der Waals surface area contributed by atoms with Gasteiger partial charge in [0.05, 0.1) is 24.5 Å². The van der Waals surface area contributed by atoms with Crippen LogP contribution in [0.4, 0.5) is 0 Å². The minimum Gasteiger partial charge on any atom is -0.460 e. The van der Waals surface area contributed by atoms with Gasteiger partial charge in [0.25, 0.3) is 0 Å². The minimum atomic E-state index is -0.835. The molecule has 8 nitrogen and oxygen atoms in total. The maximum absolute atomic E-state index is 14.4. The summed E-state index contributed by atoms with van der Waals surface area (Å²) in [5.74, 6) is -1.44. The van der Waals surface area contributed by atoms with E-state index in [2.05, 4.69) is 17.4 Å². The summed E-state index contributed by atoms with van der Waals surface area (Å²) in [6.45, 7) is 6.43. The summed E-state index contributed by atoms with van der Waals surface area (Å²) >= 11 is 6.14. The van der Waals surface area contributed by atoms with Crippen molar-refractivity contribution in [1.82, 2.24) is 10.2 Å². The zero-order valence-electron chi connectivity index (χ0n) is 25.2. The molecule has 4 rings (SSSR count). The normalized spacial score (nSPS) is 21.8. The predicted molar refractivity (Wildman–Crippen MR) is 163 cm³/mol. The van der Waals surface area contributed by atoms with Crippen molar-refractivity contribution < 1.29 is 23.9 Å². The van der Waals surface area contributed by atoms with E-state index in [1.807, 2.05) is 62.1 Å². The molecule has 3 N–H and O–H groups in total. The average molecular weight is 598 g/mol. The number of esters is 1. The molecule has 1 aliphatic carbocycles. The van der Waals surface area contributed by atoms with Crippen molar-refractivity contribution in [2.45, 2.75) is 82.4 Å². The lowest BCUT2D eigenvalue weighted by molar-refractivity contribution is -0.159. The van der Waals surface area contributed by atoms with Crippen LogP contribution in [0, 0.1) is 5.92 Å². The fourth-order valence-electron chi connectivity index (χ4n) is 6.42. The molecule has 9 heteroatoms. The van der Waals surface area contributed by atoms with E-state index in [0.29, 0.717) is 37.4 Å². The van der Waals surface area contributed by atoms with Crippen LogP contribution in [-0.4, -0.2) is 66.7 Å². The number of nitrogens with zero attached hydrogens (tertiary/aromatic N) is 1. The number of rotatable bonds is 10. The Morgan fingerprint density at radius 2 is 1.86 bits per heavy atom. The van der Waals surface area contributed by atoms with E-state index in [4.69, 9.17) is 26.8 Å². The first-order valence-corrected chi connectivity index (χ1v) is 15.2. The number of fused-ring (bicyclic) bond motifs is 1. The third-order valence-corrected chi connectivity index (χ3v) is 8.46. The number of piperidine rings is 1. The van der Waals surface area contributed by atoms with Gasteiger partial charge >= 0.3 is 5.97 Å². The van der Waals surface area contributed by atoms with Gasteiger partial charge in [-0.1, -0.05) is 48.0 Å². The van der Waals surface area contributed by atoms with Crippen molar-refractivity contribution in [1.29, 1.82) is 0 Å². The van der Waals surface area contributed by atoms with Gasteiger partial charge < -0.3 is 25.4 Å². The van der Waals surface area contributed by atoms with Gasteiger partial charge in [-0.15, -0.1) is 0 Å². The molecular formula is C33H44ClN3O5. The highest BCUT2D eigenvalue weighted by molar-refractivity contribution is 6.30. The summed E-state index contributed by atoms with van der Waals surface area (Å²) in [7, 11) is 1.50. The van der Waals surface area contributed by atoms with Crippen molar-refractivity contribution in [3.63, 3.8) is 0 Å². The first-order valence-electron chi connectivity index (χ1n) is 14.8. The SMILES string of the molecule is COC[C@H](N)C(=O)NC1(Cc2ccc(Cl)cc2)CCCN(C(=O)[C@@H](CC(=O)OC(C)(C)C)[C@H]2CCc3ccccc32)C1. The van der Waals surface area contributed by atoms with E-state index in [1.165, 1.54) is 12.7 Å². The molecule has 2 amide bonds. The number of carbonyl (C=O) groups is 3. The first-order chi connectivity index (χ1) is 19.9. The lowest BCUT2D eigenvalue weighted by Crippen LogP contribution is -2.64. The quantitative estimate of drug-likeness (QED) is 0.393. The van der Waals surface area contributed by atoms with Crippen LogP contribution >= 0.6 is 11.6 Å². The van der Waals surface area contributed by atoms with Crippen molar-refractivity contribution in [3.05, 3.63) is 70.2 Å². The molecule has 228 valence electrons. The summed E-state index contributed by atoms with van der Waals surface area (Å²) < 4.78 is 10.8. The molecule has 1 fully saturated rings. The molecule has 0 saturated carbocycles. The van der Waals surface area contributed by atoms with E-state index in [0.717, 1.165) is 24.0 Å². The van der Waals surface area contributed by atoms with E-state index in [9.17, 15) is 14.4 Å². The molecule has 2 aliphatic rings. The Balaban J connectivity index is 1.63. The average Bonchev–Trinajstić information content (AvgIpc) is 3.36. The molecule has 2 aromatic carbocycles. The second-order valence-electron chi connectivity index (χ2n) is 12.7. The summed E-state index contributed by atoms with van der Waals surface area (Å²) in [6, 6.07) is 14.9. The van der Waals surface area contributed by atoms with Crippen molar-refractivity contribution in [2.24, 2.45) is 11.7 Å². The number of ether oxygens (including phenoxy) is 2. The van der Waals surface area contributed by atoms with Gasteiger partial charge in [-0.05, 0) is 87.6 Å². The largest absolute Gasteiger partial charge is 0.460 e. The second-order valence-corrected chi connectivity index (χ2v) is 13.2. The molecule has 0 radical (unpaired) electrons. The molecule has 1 heterocycles. The van der Waals surface area contributed by atoms with Crippen LogP contribution in [0.15, 0.2) is 48.5 Å². The fraction of sp³-hybridized carbons (Fsp3) is 0.545. The summed E-state index contributed by atoms with van der Waals surface area (Å²) in [4.78, 5) is 42.6. The van der Waals surface area contributed by atoms with E-state index in [-0.39, 0.29) is 36.7 Å². The predicted octanol–water partition coefficient (Wildman–Crippen LogP) is 4.41. The van der Waals surface area contributed by atoms with Gasteiger partial charge in [0.2, 0.25) is 11.8 Å². The molecule has 0 spiro atoms. The number of halogens is 1.